The first kappa shape index (κ1) is 14.3. The Balaban J connectivity index is 2.06. The molecule has 7 heteroatoms. The van der Waals surface area contributed by atoms with Crippen molar-refractivity contribution in [2.24, 2.45) is 0 Å². The molecule has 0 aromatic heterocycles. The molecule has 108 valence electrons. The molecule has 4 N–H and O–H groups in total. The second-order valence-corrected chi connectivity index (χ2v) is 4.67. The van der Waals surface area contributed by atoms with Crippen LogP contribution < -0.4 is 5.32 Å². The number of hydrogen-bond donors (Lipinski definition) is 4. The Labute approximate surface area is 115 Å². The van der Waals surface area contributed by atoms with Gasteiger partial charge in [-0.05, 0) is 5.56 Å². The maximum atomic E-state index is 12.0. The molecule has 0 saturated carbocycles. The van der Waals surface area contributed by atoms with Crippen LogP contribution in [-0.2, 0) is 4.79 Å². The Morgan fingerprint density at radius 3 is 2.20 bits per heavy atom. The van der Waals surface area contributed by atoms with Crippen LogP contribution in [0.3, 0.4) is 0 Å². The minimum absolute atomic E-state index is 0.0197. The molecule has 0 spiro atoms. The van der Waals surface area contributed by atoms with E-state index in [1.807, 2.05) is 0 Å². The van der Waals surface area contributed by atoms with E-state index in [2.05, 4.69) is 5.32 Å². The second-order valence-electron chi connectivity index (χ2n) is 4.67. The van der Waals surface area contributed by atoms with Crippen molar-refractivity contribution in [2.45, 2.75) is 18.2 Å². The van der Waals surface area contributed by atoms with E-state index in [4.69, 9.17) is 0 Å². The predicted molar refractivity (Wildman–Crippen MR) is 68.9 cm³/mol. The number of carbonyl (C=O) groups is 2. The molecule has 0 radical (unpaired) electrons. The van der Waals surface area contributed by atoms with Gasteiger partial charge in [0.15, 0.2) is 6.04 Å². The smallest absolute Gasteiger partial charge is 0.330 e. The highest BCUT2D eigenvalue weighted by atomic mass is 16.4. The summed E-state index contributed by atoms with van der Waals surface area (Å²) in [6, 6.07) is 6.52. The van der Waals surface area contributed by atoms with E-state index in [1.165, 1.54) is 4.90 Å². The molecule has 1 aromatic rings. The molecule has 3 unspecified atom stereocenters. The predicted octanol–water partition coefficient (Wildman–Crippen LogP) is -0.441. The average Bonchev–Trinajstić information content (AvgIpc) is 2.76. The Morgan fingerprint density at radius 2 is 1.70 bits per heavy atom. The van der Waals surface area contributed by atoms with Gasteiger partial charge in [-0.15, -0.1) is 0 Å². The van der Waals surface area contributed by atoms with E-state index in [9.17, 15) is 24.9 Å². The number of hydrogen-bond acceptors (Lipinski definition) is 4. The number of nitrogens with one attached hydrogen (secondary N) is 1. The second kappa shape index (κ2) is 5.89. The topological polar surface area (TPSA) is 110 Å². The number of aliphatic hydroxyl groups is 2. The lowest BCUT2D eigenvalue weighted by Crippen LogP contribution is -2.43. The van der Waals surface area contributed by atoms with Gasteiger partial charge in [0.1, 0.15) is 0 Å². The summed E-state index contributed by atoms with van der Waals surface area (Å²) in [5.74, 6) is -1.18. The highest BCUT2D eigenvalue weighted by Crippen LogP contribution is 2.15. The van der Waals surface area contributed by atoms with Gasteiger partial charge >= 0.3 is 12.0 Å². The van der Waals surface area contributed by atoms with Crippen molar-refractivity contribution in [2.75, 3.05) is 13.1 Å². The highest BCUT2D eigenvalue weighted by molar-refractivity contribution is 5.83. The van der Waals surface area contributed by atoms with Crippen molar-refractivity contribution in [3.63, 3.8) is 0 Å². The Hall–Kier alpha value is -2.12. The molecular formula is C13H16N2O5. The van der Waals surface area contributed by atoms with E-state index in [1.54, 1.807) is 30.3 Å². The van der Waals surface area contributed by atoms with Crippen molar-refractivity contribution in [1.82, 2.24) is 10.2 Å². The monoisotopic (exact) mass is 280 g/mol. The number of aliphatic carboxylic acids is 1. The van der Waals surface area contributed by atoms with E-state index < -0.39 is 30.3 Å². The van der Waals surface area contributed by atoms with Crippen LogP contribution in [0.1, 0.15) is 11.6 Å². The molecule has 1 heterocycles. The highest BCUT2D eigenvalue weighted by Gasteiger charge is 2.34. The van der Waals surface area contributed by atoms with Crippen LogP contribution in [0.4, 0.5) is 4.79 Å². The number of benzene rings is 1. The van der Waals surface area contributed by atoms with E-state index in [-0.39, 0.29) is 13.1 Å². The molecule has 1 aromatic carbocycles. The number of carboxylic acid groups (broad SMARTS) is 1. The molecule has 2 amide bonds. The number of carbonyl (C=O) groups excluding carboxylic acids is 1. The summed E-state index contributed by atoms with van der Waals surface area (Å²) in [4.78, 5) is 24.4. The zero-order chi connectivity index (χ0) is 14.7. The fraction of sp³-hybridized carbons (Fsp3) is 0.385. The molecule has 1 fully saturated rings. The van der Waals surface area contributed by atoms with Gasteiger partial charge in [0, 0.05) is 0 Å². The number of amides is 2. The molecular weight excluding hydrogens is 264 g/mol. The Morgan fingerprint density at radius 1 is 1.15 bits per heavy atom. The zero-order valence-electron chi connectivity index (χ0n) is 10.6. The molecule has 20 heavy (non-hydrogen) atoms. The van der Waals surface area contributed by atoms with Gasteiger partial charge in [-0.3, -0.25) is 0 Å². The molecule has 0 bridgehead atoms. The number of aliphatic hydroxyl groups excluding tert-OH is 2. The van der Waals surface area contributed by atoms with Gasteiger partial charge in [-0.1, -0.05) is 30.3 Å². The average molecular weight is 280 g/mol. The van der Waals surface area contributed by atoms with Gasteiger partial charge in [-0.25, -0.2) is 9.59 Å². The fourth-order valence-electron chi connectivity index (χ4n) is 2.08. The van der Waals surface area contributed by atoms with Crippen molar-refractivity contribution in [1.29, 1.82) is 0 Å². The SMILES string of the molecule is O=C(O)C(NC(=O)N1CC(O)C(O)C1)c1ccccc1. The van der Waals surface area contributed by atoms with Crippen LogP contribution in [0, 0.1) is 0 Å². The van der Waals surface area contributed by atoms with Crippen LogP contribution in [0.2, 0.25) is 0 Å². The summed E-state index contributed by atoms with van der Waals surface area (Å²) in [6.07, 6.45) is -2.00. The van der Waals surface area contributed by atoms with Crippen LogP contribution in [0.5, 0.6) is 0 Å². The maximum Gasteiger partial charge on any atom is 0.330 e. The van der Waals surface area contributed by atoms with Crippen molar-refractivity contribution in [3.05, 3.63) is 35.9 Å². The quantitative estimate of drug-likeness (QED) is 0.600. The number of nitrogens with zero attached hydrogens (tertiary/aromatic N) is 1. The van der Waals surface area contributed by atoms with Gasteiger partial charge in [0.05, 0.1) is 25.3 Å². The largest absolute Gasteiger partial charge is 0.479 e. The molecule has 7 nitrogen and oxygen atoms in total. The molecule has 1 saturated heterocycles. The normalized spacial score (nSPS) is 23.4. The van der Waals surface area contributed by atoms with Crippen LogP contribution in [-0.4, -0.2) is 57.5 Å². The lowest BCUT2D eigenvalue weighted by Gasteiger charge is -2.20. The van der Waals surface area contributed by atoms with E-state index >= 15 is 0 Å². The van der Waals surface area contributed by atoms with E-state index in [0.29, 0.717) is 5.56 Å². The lowest BCUT2D eigenvalue weighted by atomic mass is 10.1. The third-order valence-corrected chi connectivity index (χ3v) is 3.19. The molecule has 0 aliphatic carbocycles. The first-order chi connectivity index (χ1) is 9.49. The number of urea groups is 1. The van der Waals surface area contributed by atoms with E-state index in [0.717, 1.165) is 0 Å². The van der Waals surface area contributed by atoms with Crippen LogP contribution >= 0.6 is 0 Å². The number of carboxylic acids is 1. The van der Waals surface area contributed by atoms with Gasteiger partial charge in [0.25, 0.3) is 0 Å². The number of likely N-dealkylation sites (tertiary alicyclic amines) is 1. The van der Waals surface area contributed by atoms with Gasteiger partial charge in [0.2, 0.25) is 0 Å². The van der Waals surface area contributed by atoms with Crippen molar-refractivity contribution < 1.29 is 24.9 Å². The zero-order valence-corrected chi connectivity index (χ0v) is 10.6. The summed E-state index contributed by atoms with van der Waals surface area (Å²) in [5.41, 5.74) is 0.452. The lowest BCUT2D eigenvalue weighted by molar-refractivity contribution is -0.139. The summed E-state index contributed by atoms with van der Waals surface area (Å²) in [7, 11) is 0. The van der Waals surface area contributed by atoms with Gasteiger partial charge in [-0.2, -0.15) is 0 Å². The first-order valence-corrected chi connectivity index (χ1v) is 6.18. The van der Waals surface area contributed by atoms with Crippen molar-refractivity contribution in [3.8, 4) is 0 Å². The molecule has 1 aliphatic rings. The van der Waals surface area contributed by atoms with Crippen molar-refractivity contribution >= 4 is 12.0 Å². The third kappa shape index (κ3) is 3.06. The Kier molecular flexibility index (Phi) is 4.21. The summed E-state index contributed by atoms with van der Waals surface area (Å²) in [6.45, 7) is -0.0394. The summed E-state index contributed by atoms with van der Waals surface area (Å²) in [5, 5.41) is 30.4. The number of β-amino-alcohol motifs (C(OH)–C–C–N with tert-alkyl or cyclic N) is 2. The number of rotatable bonds is 3. The summed E-state index contributed by atoms with van der Waals surface area (Å²) >= 11 is 0. The maximum absolute atomic E-state index is 12.0. The molecule has 3 atom stereocenters. The fourth-order valence-corrected chi connectivity index (χ4v) is 2.08. The third-order valence-electron chi connectivity index (χ3n) is 3.19. The molecule has 2 rings (SSSR count). The summed E-state index contributed by atoms with van der Waals surface area (Å²) < 4.78 is 0. The molecule has 1 aliphatic heterocycles. The Bertz CT molecular complexity index is 483. The van der Waals surface area contributed by atoms with Crippen LogP contribution in [0.25, 0.3) is 0 Å². The standard InChI is InChI=1S/C13H16N2O5/c16-9-6-15(7-10(9)17)13(20)14-11(12(18)19)8-4-2-1-3-5-8/h1-5,9-11,16-17H,6-7H2,(H,14,20)(H,18,19). The first-order valence-electron chi connectivity index (χ1n) is 6.18. The van der Waals surface area contributed by atoms with Gasteiger partial charge < -0.3 is 25.5 Å². The minimum atomic E-state index is -1.18. The van der Waals surface area contributed by atoms with Crippen LogP contribution in [0.15, 0.2) is 30.3 Å². The minimum Gasteiger partial charge on any atom is -0.479 e.